The molecule has 3 aromatic rings. The molecule has 2 aromatic carbocycles. The van der Waals surface area contributed by atoms with Gasteiger partial charge in [0.1, 0.15) is 18.3 Å². The van der Waals surface area contributed by atoms with Gasteiger partial charge in [-0.3, -0.25) is 4.79 Å². The third-order valence-corrected chi connectivity index (χ3v) is 4.74. The molecular formula is C20H15F5N2O2. The van der Waals surface area contributed by atoms with Crippen molar-refractivity contribution in [2.45, 2.75) is 25.1 Å². The van der Waals surface area contributed by atoms with E-state index in [1.165, 1.54) is 18.3 Å². The zero-order chi connectivity index (χ0) is 20.8. The highest BCUT2D eigenvalue weighted by atomic mass is 19.4. The van der Waals surface area contributed by atoms with Crippen LogP contribution in [0.4, 0.5) is 27.6 Å². The van der Waals surface area contributed by atoms with Gasteiger partial charge in [-0.1, -0.05) is 12.1 Å². The fraction of sp³-hybridized carbons (Fsp3) is 0.250. The number of alkyl halides is 5. The molecule has 1 heterocycles. The molecule has 1 atom stereocenters. The Bertz CT molecular complexity index is 1060. The average Bonchev–Trinajstić information content (AvgIpc) is 3.14. The van der Waals surface area contributed by atoms with E-state index in [0.717, 1.165) is 12.1 Å². The molecule has 0 aliphatic heterocycles. The van der Waals surface area contributed by atoms with Crippen molar-refractivity contribution in [1.82, 2.24) is 4.98 Å². The number of nitrogens with one attached hydrogen (secondary N) is 2. The van der Waals surface area contributed by atoms with Crippen molar-refractivity contribution in [3.05, 3.63) is 59.8 Å². The monoisotopic (exact) mass is 410 g/mol. The van der Waals surface area contributed by atoms with Gasteiger partial charge in [0.2, 0.25) is 5.91 Å². The molecule has 2 N–H and O–H groups in total. The summed E-state index contributed by atoms with van der Waals surface area (Å²) in [6.07, 6.45) is -3.35. The number of rotatable bonds is 5. The van der Waals surface area contributed by atoms with Crippen molar-refractivity contribution in [3.8, 4) is 5.75 Å². The maximum absolute atomic E-state index is 13.1. The van der Waals surface area contributed by atoms with Crippen LogP contribution in [0.15, 0.2) is 48.7 Å². The highest BCUT2D eigenvalue weighted by Crippen LogP contribution is 2.49. The molecule has 0 radical (unpaired) electrons. The molecule has 1 aromatic heterocycles. The number of fused-ring (bicyclic) bond motifs is 1. The first-order chi connectivity index (χ1) is 13.6. The summed E-state index contributed by atoms with van der Waals surface area (Å²) in [4.78, 5) is 14.8. The van der Waals surface area contributed by atoms with Gasteiger partial charge in [0.05, 0.1) is 11.3 Å². The molecular weight excluding hydrogens is 395 g/mol. The van der Waals surface area contributed by atoms with Gasteiger partial charge in [-0.15, -0.1) is 0 Å². The number of hydrogen-bond donors (Lipinski definition) is 2. The summed E-state index contributed by atoms with van der Waals surface area (Å²) in [7, 11) is 0. The third-order valence-electron chi connectivity index (χ3n) is 4.74. The summed E-state index contributed by atoms with van der Waals surface area (Å²) < 4.78 is 69.5. The van der Waals surface area contributed by atoms with E-state index in [1.807, 2.05) is 0 Å². The molecule has 4 rings (SSSR count). The number of H-pyrrole nitrogens is 1. The molecule has 9 heteroatoms. The summed E-state index contributed by atoms with van der Waals surface area (Å²) >= 11 is 0. The number of amides is 1. The molecule has 0 saturated heterocycles. The highest BCUT2D eigenvalue weighted by Gasteiger charge is 2.61. The maximum Gasteiger partial charge on any atom is 0.416 e. The SMILES string of the molecule is O=C(Nc1c[nH]c2ccc(OCc3ccc(C(F)(F)F)cc3)cc12)C1CC1(F)F. The molecule has 1 aliphatic carbocycles. The molecule has 29 heavy (non-hydrogen) atoms. The topological polar surface area (TPSA) is 54.1 Å². The Morgan fingerprint density at radius 1 is 1.17 bits per heavy atom. The summed E-state index contributed by atoms with van der Waals surface area (Å²) in [6, 6.07) is 9.60. The van der Waals surface area contributed by atoms with Gasteiger partial charge in [-0.25, -0.2) is 8.78 Å². The zero-order valence-corrected chi connectivity index (χ0v) is 14.8. The molecule has 1 aliphatic rings. The molecule has 1 fully saturated rings. The molecule has 152 valence electrons. The lowest BCUT2D eigenvalue weighted by Crippen LogP contribution is -2.17. The minimum atomic E-state index is -4.40. The van der Waals surface area contributed by atoms with Crippen molar-refractivity contribution in [3.63, 3.8) is 0 Å². The normalized spacial score (nSPS) is 17.9. The fourth-order valence-corrected chi connectivity index (χ4v) is 2.97. The van der Waals surface area contributed by atoms with Crippen LogP contribution in [0.3, 0.4) is 0 Å². The number of hydrogen-bond acceptors (Lipinski definition) is 2. The number of anilines is 1. The van der Waals surface area contributed by atoms with Crippen LogP contribution in [-0.4, -0.2) is 16.8 Å². The van der Waals surface area contributed by atoms with Gasteiger partial charge < -0.3 is 15.0 Å². The maximum atomic E-state index is 13.1. The standard InChI is InChI=1S/C20H15F5N2O2/c21-19(22)8-15(19)18(28)27-17-9-26-16-6-5-13(7-14(16)17)29-10-11-1-3-12(4-2-11)20(23,24)25/h1-7,9,15,26H,8,10H2,(H,27,28). The van der Waals surface area contributed by atoms with Gasteiger partial charge in [-0.2, -0.15) is 13.2 Å². The largest absolute Gasteiger partial charge is 0.489 e. The van der Waals surface area contributed by atoms with Crippen molar-refractivity contribution in [1.29, 1.82) is 0 Å². The Hall–Kier alpha value is -3.10. The van der Waals surface area contributed by atoms with Crippen molar-refractivity contribution >= 4 is 22.5 Å². The second-order valence-corrected chi connectivity index (χ2v) is 6.90. The van der Waals surface area contributed by atoms with Crippen molar-refractivity contribution in [2.75, 3.05) is 5.32 Å². The third kappa shape index (κ3) is 4.03. The number of halogens is 5. The molecule has 4 nitrogen and oxygen atoms in total. The molecule has 0 spiro atoms. The number of benzene rings is 2. The van der Waals surface area contributed by atoms with E-state index in [1.54, 1.807) is 18.2 Å². The number of aromatic amines is 1. The Labute approximate surface area is 161 Å². The Kier molecular flexibility index (Phi) is 4.48. The van der Waals surface area contributed by atoms with Crippen LogP contribution in [-0.2, 0) is 17.6 Å². The van der Waals surface area contributed by atoms with E-state index in [0.29, 0.717) is 27.9 Å². The number of carbonyl (C=O) groups is 1. The predicted octanol–water partition coefficient (Wildman–Crippen LogP) is 5.36. The number of carbonyl (C=O) groups excluding carboxylic acids is 1. The lowest BCUT2D eigenvalue weighted by atomic mass is 10.1. The van der Waals surface area contributed by atoms with Gasteiger partial charge >= 0.3 is 6.18 Å². The van der Waals surface area contributed by atoms with E-state index in [4.69, 9.17) is 4.74 Å². The fourth-order valence-electron chi connectivity index (χ4n) is 2.97. The summed E-state index contributed by atoms with van der Waals surface area (Å²) in [6.45, 7) is 0.0457. The van der Waals surface area contributed by atoms with Crippen molar-refractivity contribution in [2.24, 2.45) is 5.92 Å². The zero-order valence-electron chi connectivity index (χ0n) is 14.8. The lowest BCUT2D eigenvalue weighted by Gasteiger charge is -2.09. The van der Waals surface area contributed by atoms with Gasteiger partial charge in [0, 0.05) is 23.5 Å². The quantitative estimate of drug-likeness (QED) is 0.557. The van der Waals surface area contributed by atoms with Crippen LogP contribution in [0.2, 0.25) is 0 Å². The predicted molar refractivity (Wildman–Crippen MR) is 95.8 cm³/mol. The number of aromatic nitrogens is 1. The Balaban J connectivity index is 1.45. The smallest absolute Gasteiger partial charge is 0.416 e. The van der Waals surface area contributed by atoms with Gasteiger partial charge in [0.25, 0.3) is 5.92 Å². The van der Waals surface area contributed by atoms with Crippen LogP contribution in [0.1, 0.15) is 17.5 Å². The van der Waals surface area contributed by atoms with Crippen LogP contribution in [0.5, 0.6) is 5.75 Å². The van der Waals surface area contributed by atoms with Gasteiger partial charge in [0.15, 0.2) is 0 Å². The molecule has 1 saturated carbocycles. The highest BCUT2D eigenvalue weighted by molar-refractivity contribution is 6.03. The first kappa shape index (κ1) is 19.2. The average molecular weight is 410 g/mol. The summed E-state index contributed by atoms with van der Waals surface area (Å²) in [5.41, 5.74) is 0.839. The Morgan fingerprint density at radius 2 is 1.86 bits per heavy atom. The van der Waals surface area contributed by atoms with Crippen LogP contribution in [0.25, 0.3) is 10.9 Å². The lowest BCUT2D eigenvalue weighted by molar-refractivity contribution is -0.137. The van der Waals surface area contributed by atoms with E-state index >= 15 is 0 Å². The van der Waals surface area contributed by atoms with E-state index in [-0.39, 0.29) is 6.61 Å². The Morgan fingerprint density at radius 3 is 2.48 bits per heavy atom. The van der Waals surface area contributed by atoms with E-state index in [2.05, 4.69) is 10.3 Å². The number of ether oxygens (including phenoxy) is 1. The van der Waals surface area contributed by atoms with E-state index < -0.39 is 35.9 Å². The molecule has 1 unspecified atom stereocenters. The second-order valence-electron chi connectivity index (χ2n) is 6.90. The van der Waals surface area contributed by atoms with Crippen LogP contribution < -0.4 is 10.1 Å². The van der Waals surface area contributed by atoms with E-state index in [9.17, 15) is 26.7 Å². The minimum absolute atomic E-state index is 0.0457. The molecule has 0 bridgehead atoms. The minimum Gasteiger partial charge on any atom is -0.489 e. The van der Waals surface area contributed by atoms with Gasteiger partial charge in [-0.05, 0) is 35.9 Å². The first-order valence-corrected chi connectivity index (χ1v) is 8.72. The van der Waals surface area contributed by atoms with Crippen LogP contribution in [0, 0.1) is 5.92 Å². The van der Waals surface area contributed by atoms with Crippen molar-refractivity contribution < 1.29 is 31.5 Å². The molecule has 1 amide bonds. The van der Waals surface area contributed by atoms with Crippen LogP contribution >= 0.6 is 0 Å². The first-order valence-electron chi connectivity index (χ1n) is 8.72. The summed E-state index contributed by atoms with van der Waals surface area (Å²) in [5, 5.41) is 3.07. The summed E-state index contributed by atoms with van der Waals surface area (Å²) in [5.74, 6) is -4.59. The second kappa shape index (κ2) is 6.75.